The van der Waals surface area contributed by atoms with E-state index in [9.17, 15) is 9.59 Å². The van der Waals surface area contributed by atoms with Gasteiger partial charge in [0, 0.05) is 11.6 Å². The molecule has 1 aliphatic heterocycles. The zero-order valence-corrected chi connectivity index (χ0v) is 22.2. The number of allylic oxidation sites excluding steroid dienone is 1. The normalized spacial score (nSPS) is 15.6. The number of carbonyl (C=O) groups excluding carboxylic acids is 1. The van der Waals surface area contributed by atoms with Gasteiger partial charge in [0.25, 0.3) is 5.56 Å². The molecule has 0 fully saturated rings. The first-order chi connectivity index (χ1) is 16.9. The van der Waals surface area contributed by atoms with Gasteiger partial charge in [0.15, 0.2) is 9.47 Å². The average Bonchev–Trinajstić information content (AvgIpc) is 3.40. The van der Waals surface area contributed by atoms with Crippen LogP contribution in [0.5, 0.6) is 11.5 Å². The third-order valence-electron chi connectivity index (χ3n) is 5.49. The molecule has 0 N–H and O–H groups in total. The topological polar surface area (TPSA) is 92.3 Å². The Morgan fingerprint density at radius 3 is 2.66 bits per heavy atom. The number of esters is 1. The van der Waals surface area contributed by atoms with E-state index < -0.39 is 12.0 Å². The molecule has 1 aliphatic rings. The van der Waals surface area contributed by atoms with Crippen LogP contribution in [0.2, 0.25) is 0 Å². The van der Waals surface area contributed by atoms with Crippen molar-refractivity contribution in [3.63, 3.8) is 0 Å². The summed E-state index contributed by atoms with van der Waals surface area (Å²) in [5, 5.41) is 0. The van der Waals surface area contributed by atoms with E-state index >= 15 is 0 Å². The molecule has 0 saturated carbocycles. The smallest absolute Gasteiger partial charge is 0.338 e. The lowest BCUT2D eigenvalue weighted by Crippen LogP contribution is -2.40. The van der Waals surface area contributed by atoms with Crippen molar-refractivity contribution in [2.75, 3.05) is 20.8 Å². The van der Waals surface area contributed by atoms with Crippen LogP contribution in [0.3, 0.4) is 0 Å². The number of hydrogen-bond acceptors (Lipinski definition) is 8. The van der Waals surface area contributed by atoms with Gasteiger partial charge >= 0.3 is 5.97 Å². The lowest BCUT2D eigenvalue weighted by atomic mass is 9.93. The molecule has 0 radical (unpaired) electrons. The molecule has 3 heterocycles. The number of ether oxygens (including phenoxy) is 3. The molecular weight excluding hydrogens is 536 g/mol. The van der Waals surface area contributed by atoms with Crippen LogP contribution in [0.25, 0.3) is 6.08 Å². The predicted octanol–water partition coefficient (Wildman–Crippen LogP) is 3.95. The van der Waals surface area contributed by atoms with E-state index in [1.54, 1.807) is 57.6 Å². The molecule has 8 nitrogen and oxygen atoms in total. The van der Waals surface area contributed by atoms with Crippen molar-refractivity contribution in [3.05, 3.63) is 77.3 Å². The molecule has 1 atom stereocenters. The minimum atomic E-state index is -0.803. The van der Waals surface area contributed by atoms with Crippen LogP contribution in [0.1, 0.15) is 44.1 Å². The number of thiazole rings is 1. The van der Waals surface area contributed by atoms with E-state index in [0.717, 1.165) is 6.42 Å². The Balaban J connectivity index is 2.06. The SMILES string of the molecule is CCCC1=C(C(=O)OCC)[C@@H](c2cc(OC)ccc2OC)n2c(s/c(=C\c3ccc(Br)o3)c2=O)=N1. The minimum Gasteiger partial charge on any atom is -0.497 e. The van der Waals surface area contributed by atoms with E-state index in [4.69, 9.17) is 23.6 Å². The van der Waals surface area contributed by atoms with Crippen molar-refractivity contribution in [2.45, 2.75) is 32.7 Å². The highest BCUT2D eigenvalue weighted by atomic mass is 79.9. The second-order valence-corrected chi connectivity index (χ2v) is 9.45. The fraction of sp³-hybridized carbons (Fsp3) is 0.320. The zero-order chi connectivity index (χ0) is 25.1. The summed E-state index contributed by atoms with van der Waals surface area (Å²) in [5.74, 6) is 1.09. The summed E-state index contributed by atoms with van der Waals surface area (Å²) in [4.78, 5) is 32.3. The lowest BCUT2D eigenvalue weighted by Gasteiger charge is -2.27. The van der Waals surface area contributed by atoms with Crippen molar-refractivity contribution >= 4 is 39.3 Å². The van der Waals surface area contributed by atoms with Gasteiger partial charge in [-0.1, -0.05) is 24.7 Å². The predicted molar refractivity (Wildman–Crippen MR) is 136 cm³/mol. The van der Waals surface area contributed by atoms with Gasteiger partial charge < -0.3 is 18.6 Å². The molecular formula is C25H25BrN2O6S. The van der Waals surface area contributed by atoms with Gasteiger partial charge in [0.1, 0.15) is 23.3 Å². The van der Waals surface area contributed by atoms with Crippen LogP contribution in [-0.2, 0) is 9.53 Å². The van der Waals surface area contributed by atoms with Crippen molar-refractivity contribution in [2.24, 2.45) is 4.99 Å². The van der Waals surface area contributed by atoms with Crippen molar-refractivity contribution in [1.29, 1.82) is 0 Å². The summed E-state index contributed by atoms with van der Waals surface area (Å²) < 4.78 is 24.6. The van der Waals surface area contributed by atoms with Crippen LogP contribution >= 0.6 is 27.3 Å². The molecule has 184 valence electrons. The summed E-state index contributed by atoms with van der Waals surface area (Å²) >= 11 is 4.52. The number of furan rings is 1. The van der Waals surface area contributed by atoms with Crippen LogP contribution < -0.4 is 24.4 Å². The van der Waals surface area contributed by atoms with Crippen LogP contribution in [0.4, 0.5) is 0 Å². The van der Waals surface area contributed by atoms with Gasteiger partial charge in [-0.25, -0.2) is 9.79 Å². The molecule has 10 heteroatoms. The van der Waals surface area contributed by atoms with Crippen molar-refractivity contribution in [1.82, 2.24) is 4.57 Å². The molecule has 0 aliphatic carbocycles. The van der Waals surface area contributed by atoms with Gasteiger partial charge in [0.05, 0.1) is 36.6 Å². The quantitative estimate of drug-likeness (QED) is 0.387. The van der Waals surface area contributed by atoms with Crippen molar-refractivity contribution in [3.8, 4) is 11.5 Å². The maximum absolute atomic E-state index is 13.7. The molecule has 0 bridgehead atoms. The molecule has 1 aromatic carbocycles. The van der Waals surface area contributed by atoms with Crippen LogP contribution in [0, 0.1) is 0 Å². The Labute approximate surface area is 214 Å². The number of rotatable bonds is 8. The van der Waals surface area contributed by atoms with E-state index in [1.165, 1.54) is 15.9 Å². The zero-order valence-electron chi connectivity index (χ0n) is 19.8. The third-order valence-corrected chi connectivity index (χ3v) is 6.90. The summed E-state index contributed by atoms with van der Waals surface area (Å²) in [6.45, 7) is 3.95. The highest BCUT2D eigenvalue weighted by Gasteiger charge is 2.36. The highest BCUT2D eigenvalue weighted by Crippen LogP contribution is 2.38. The van der Waals surface area contributed by atoms with Gasteiger partial charge in [-0.05, 0) is 59.6 Å². The number of nitrogens with zero attached hydrogens (tertiary/aromatic N) is 2. The molecule has 35 heavy (non-hydrogen) atoms. The summed E-state index contributed by atoms with van der Waals surface area (Å²) in [6.07, 6.45) is 2.98. The molecule has 2 aromatic heterocycles. The van der Waals surface area contributed by atoms with Gasteiger partial charge in [0.2, 0.25) is 0 Å². The highest BCUT2D eigenvalue weighted by molar-refractivity contribution is 9.10. The fourth-order valence-electron chi connectivity index (χ4n) is 4.00. The minimum absolute atomic E-state index is 0.196. The number of carbonyl (C=O) groups is 1. The van der Waals surface area contributed by atoms with Gasteiger partial charge in [-0.15, -0.1) is 0 Å². The number of halogens is 1. The monoisotopic (exact) mass is 560 g/mol. The number of benzene rings is 1. The van der Waals surface area contributed by atoms with E-state index in [2.05, 4.69) is 15.9 Å². The van der Waals surface area contributed by atoms with Crippen LogP contribution in [-0.4, -0.2) is 31.4 Å². The Hall–Kier alpha value is -3.11. The average molecular weight is 561 g/mol. The summed E-state index contributed by atoms with van der Waals surface area (Å²) in [5.41, 5.74) is 1.22. The second kappa shape index (κ2) is 10.7. The Morgan fingerprint density at radius 2 is 2.03 bits per heavy atom. The Kier molecular flexibility index (Phi) is 7.61. The number of hydrogen-bond donors (Lipinski definition) is 0. The molecule has 0 unspecified atom stereocenters. The van der Waals surface area contributed by atoms with E-state index in [1.807, 2.05) is 6.92 Å². The molecule has 4 rings (SSSR count). The second-order valence-electron chi connectivity index (χ2n) is 7.66. The Morgan fingerprint density at radius 1 is 1.23 bits per heavy atom. The fourth-order valence-corrected chi connectivity index (χ4v) is 5.32. The molecule has 0 saturated heterocycles. The summed E-state index contributed by atoms with van der Waals surface area (Å²) in [6, 6.07) is 8.01. The first-order valence-corrected chi connectivity index (χ1v) is 12.7. The molecule has 0 amide bonds. The standard InChI is InChI=1S/C25H25BrN2O6S/c1-5-7-17-21(24(30)33-6-2)22(16-12-14(31-3)8-10-18(16)32-4)28-23(29)19(35-25(28)27-17)13-15-9-11-20(26)34-15/h8-13,22H,5-7H2,1-4H3/b19-13-/t22-/m1/s1. The molecule has 0 spiro atoms. The number of methoxy groups -OCH3 is 2. The maximum atomic E-state index is 13.7. The number of fused-ring (bicyclic) bond motifs is 1. The molecule has 3 aromatic rings. The van der Waals surface area contributed by atoms with Crippen LogP contribution in [0.15, 0.2) is 60.5 Å². The largest absolute Gasteiger partial charge is 0.497 e. The Bertz CT molecular complexity index is 1470. The maximum Gasteiger partial charge on any atom is 0.338 e. The first kappa shape index (κ1) is 25.0. The van der Waals surface area contributed by atoms with E-state index in [0.29, 0.717) is 54.5 Å². The van der Waals surface area contributed by atoms with Crippen molar-refractivity contribution < 1.29 is 23.4 Å². The van der Waals surface area contributed by atoms with E-state index in [-0.39, 0.29) is 12.2 Å². The van der Waals surface area contributed by atoms with Gasteiger partial charge in [-0.3, -0.25) is 9.36 Å². The summed E-state index contributed by atoms with van der Waals surface area (Å²) in [7, 11) is 3.10. The third kappa shape index (κ3) is 4.85. The first-order valence-electron chi connectivity index (χ1n) is 11.1. The lowest BCUT2D eigenvalue weighted by molar-refractivity contribution is -0.139. The van der Waals surface area contributed by atoms with Gasteiger partial charge in [-0.2, -0.15) is 0 Å². The number of aromatic nitrogens is 1.